The molecule has 1 atom stereocenters. The number of ether oxygens (including phenoxy) is 2. The lowest BCUT2D eigenvalue weighted by Gasteiger charge is -2.27. The first-order chi connectivity index (χ1) is 14.1. The van der Waals surface area contributed by atoms with Crippen LogP contribution in [-0.2, 0) is 11.3 Å². The summed E-state index contributed by atoms with van der Waals surface area (Å²) in [6.07, 6.45) is 3.02. The molecule has 1 aliphatic rings. The van der Waals surface area contributed by atoms with Gasteiger partial charge in [0.15, 0.2) is 0 Å². The number of rotatable bonds is 5. The van der Waals surface area contributed by atoms with Crippen LogP contribution in [-0.4, -0.2) is 41.1 Å². The second-order valence-corrected chi connectivity index (χ2v) is 7.02. The molecule has 2 aromatic carbocycles. The Balaban J connectivity index is 1.65. The Bertz CT molecular complexity index is 1110. The third-order valence-corrected chi connectivity index (χ3v) is 5.42. The molecule has 4 rings (SSSR count). The van der Waals surface area contributed by atoms with Crippen molar-refractivity contribution < 1.29 is 14.3 Å². The van der Waals surface area contributed by atoms with Gasteiger partial charge in [-0.3, -0.25) is 14.2 Å². The summed E-state index contributed by atoms with van der Waals surface area (Å²) in [6, 6.07) is 12.9. The van der Waals surface area contributed by atoms with Crippen LogP contribution in [0.4, 0.5) is 0 Å². The molecule has 0 spiro atoms. The molecule has 1 amide bonds. The van der Waals surface area contributed by atoms with Crippen LogP contribution in [0.3, 0.4) is 0 Å². The van der Waals surface area contributed by atoms with Crippen LogP contribution in [0.15, 0.2) is 53.5 Å². The van der Waals surface area contributed by atoms with Gasteiger partial charge in [-0.2, -0.15) is 0 Å². The summed E-state index contributed by atoms with van der Waals surface area (Å²) in [5.41, 5.74) is 2.02. The van der Waals surface area contributed by atoms with Crippen molar-refractivity contribution in [1.29, 1.82) is 0 Å². The van der Waals surface area contributed by atoms with Crippen LogP contribution >= 0.6 is 0 Å². The van der Waals surface area contributed by atoms with E-state index in [1.165, 1.54) is 10.8 Å². The third kappa shape index (κ3) is 3.55. The summed E-state index contributed by atoms with van der Waals surface area (Å²) in [5.74, 6) is 1.31. The van der Waals surface area contributed by atoms with E-state index < -0.39 is 0 Å². The minimum Gasteiger partial charge on any atom is -0.497 e. The van der Waals surface area contributed by atoms with E-state index in [1.54, 1.807) is 14.2 Å². The van der Waals surface area contributed by atoms with Gasteiger partial charge in [0.25, 0.3) is 5.56 Å². The van der Waals surface area contributed by atoms with Crippen LogP contribution in [0.2, 0.25) is 0 Å². The van der Waals surface area contributed by atoms with Gasteiger partial charge in [0.2, 0.25) is 5.91 Å². The average Bonchev–Trinajstić information content (AvgIpc) is 3.25. The summed E-state index contributed by atoms with van der Waals surface area (Å²) in [5, 5.41) is 0. The van der Waals surface area contributed by atoms with Crippen LogP contribution in [0.1, 0.15) is 24.4 Å². The summed E-state index contributed by atoms with van der Waals surface area (Å²) in [7, 11) is 3.22. The van der Waals surface area contributed by atoms with Gasteiger partial charge in [-0.1, -0.05) is 12.1 Å². The fourth-order valence-electron chi connectivity index (χ4n) is 3.99. The molecule has 1 fully saturated rings. The van der Waals surface area contributed by atoms with Crippen molar-refractivity contribution in [3.63, 3.8) is 0 Å². The molecule has 0 saturated carbocycles. The van der Waals surface area contributed by atoms with Crippen LogP contribution in [0.25, 0.3) is 11.0 Å². The summed E-state index contributed by atoms with van der Waals surface area (Å²) in [6.45, 7) is 0.632. The largest absolute Gasteiger partial charge is 0.497 e. The Morgan fingerprint density at radius 3 is 2.79 bits per heavy atom. The van der Waals surface area contributed by atoms with Crippen molar-refractivity contribution in [3.8, 4) is 11.5 Å². The van der Waals surface area contributed by atoms with Gasteiger partial charge < -0.3 is 14.4 Å². The van der Waals surface area contributed by atoms with Crippen molar-refractivity contribution in [3.05, 3.63) is 64.6 Å². The van der Waals surface area contributed by atoms with E-state index in [-0.39, 0.29) is 24.1 Å². The summed E-state index contributed by atoms with van der Waals surface area (Å²) in [4.78, 5) is 31.6. The number of aromatic nitrogens is 2. The molecular weight excluding hydrogens is 370 g/mol. The predicted molar refractivity (Wildman–Crippen MR) is 109 cm³/mol. The van der Waals surface area contributed by atoms with E-state index in [4.69, 9.17) is 9.47 Å². The number of para-hydroxylation sites is 2. The van der Waals surface area contributed by atoms with E-state index in [1.807, 2.05) is 47.4 Å². The van der Waals surface area contributed by atoms with Gasteiger partial charge in [-0.05, 0) is 37.1 Å². The number of hydrogen-bond donors (Lipinski definition) is 0. The molecule has 3 aromatic rings. The molecule has 0 unspecified atom stereocenters. The molecule has 7 heteroatoms. The van der Waals surface area contributed by atoms with Crippen molar-refractivity contribution in [1.82, 2.24) is 14.5 Å². The maximum Gasteiger partial charge on any atom is 0.269 e. The standard InChI is InChI=1S/C22H23N3O4/c1-28-15-9-10-16(20(12-15)29-2)18-8-5-11-24(18)22(27)14-25-19-7-4-3-6-17(19)23-13-21(25)26/h3-4,6-7,9-10,12-13,18H,5,8,11,14H2,1-2H3/t18-/m1/s1. The first kappa shape index (κ1) is 19.0. The van der Waals surface area contributed by atoms with Gasteiger partial charge in [0.1, 0.15) is 18.0 Å². The number of carbonyl (C=O) groups is 1. The zero-order valence-corrected chi connectivity index (χ0v) is 16.5. The molecule has 0 N–H and O–H groups in total. The topological polar surface area (TPSA) is 73.7 Å². The van der Waals surface area contributed by atoms with Crippen molar-refractivity contribution in [2.75, 3.05) is 20.8 Å². The van der Waals surface area contributed by atoms with Gasteiger partial charge >= 0.3 is 0 Å². The van der Waals surface area contributed by atoms with Gasteiger partial charge in [0, 0.05) is 18.2 Å². The molecule has 0 bridgehead atoms. The number of benzene rings is 2. The number of carbonyl (C=O) groups excluding carboxylic acids is 1. The molecule has 1 aliphatic heterocycles. The molecule has 7 nitrogen and oxygen atoms in total. The van der Waals surface area contributed by atoms with Crippen molar-refractivity contribution >= 4 is 16.9 Å². The highest BCUT2D eigenvalue weighted by Crippen LogP contribution is 2.38. The number of likely N-dealkylation sites (tertiary alicyclic amines) is 1. The Labute approximate surface area is 168 Å². The molecule has 2 heterocycles. The molecule has 0 radical (unpaired) electrons. The van der Waals surface area contributed by atoms with E-state index >= 15 is 0 Å². The lowest BCUT2D eigenvalue weighted by Crippen LogP contribution is -2.36. The molecule has 150 valence electrons. The third-order valence-electron chi connectivity index (χ3n) is 5.42. The van der Waals surface area contributed by atoms with Crippen LogP contribution < -0.4 is 15.0 Å². The zero-order chi connectivity index (χ0) is 20.4. The van der Waals surface area contributed by atoms with Gasteiger partial charge in [0.05, 0.1) is 37.5 Å². The minimum atomic E-state index is -0.283. The molecule has 1 aromatic heterocycles. The SMILES string of the molecule is COc1ccc([C@H]2CCCN2C(=O)Cn2c(=O)cnc3ccccc32)c(OC)c1. The Morgan fingerprint density at radius 1 is 1.17 bits per heavy atom. The molecule has 1 saturated heterocycles. The normalized spacial score (nSPS) is 16.2. The number of methoxy groups -OCH3 is 2. The zero-order valence-electron chi connectivity index (χ0n) is 16.5. The summed E-state index contributed by atoms with van der Waals surface area (Å²) < 4.78 is 12.3. The lowest BCUT2D eigenvalue weighted by atomic mass is 10.0. The van der Waals surface area contributed by atoms with Gasteiger partial charge in [-0.15, -0.1) is 0 Å². The number of fused-ring (bicyclic) bond motifs is 1. The maximum atomic E-state index is 13.2. The second kappa shape index (κ2) is 7.95. The average molecular weight is 393 g/mol. The van der Waals surface area contributed by atoms with E-state index in [2.05, 4.69) is 4.98 Å². The highest BCUT2D eigenvalue weighted by Gasteiger charge is 2.32. The van der Waals surface area contributed by atoms with Crippen molar-refractivity contribution in [2.24, 2.45) is 0 Å². The molecular formula is C22H23N3O4. The van der Waals surface area contributed by atoms with Crippen LogP contribution in [0, 0.1) is 0 Å². The van der Waals surface area contributed by atoms with E-state index in [9.17, 15) is 9.59 Å². The van der Waals surface area contributed by atoms with E-state index in [0.717, 1.165) is 18.4 Å². The summed E-state index contributed by atoms with van der Waals surface area (Å²) >= 11 is 0. The fraction of sp³-hybridized carbons (Fsp3) is 0.318. The first-order valence-corrected chi connectivity index (χ1v) is 9.58. The molecule has 29 heavy (non-hydrogen) atoms. The maximum absolute atomic E-state index is 13.2. The number of nitrogens with zero attached hydrogens (tertiary/aromatic N) is 3. The number of amides is 1. The van der Waals surface area contributed by atoms with E-state index in [0.29, 0.717) is 29.1 Å². The quantitative estimate of drug-likeness (QED) is 0.666. The monoisotopic (exact) mass is 393 g/mol. The fourth-order valence-corrected chi connectivity index (χ4v) is 3.99. The Kier molecular flexibility index (Phi) is 5.20. The highest BCUT2D eigenvalue weighted by molar-refractivity contribution is 5.80. The Morgan fingerprint density at radius 2 is 2.00 bits per heavy atom. The highest BCUT2D eigenvalue weighted by atomic mass is 16.5. The number of hydrogen-bond acceptors (Lipinski definition) is 5. The Hall–Kier alpha value is -3.35. The smallest absolute Gasteiger partial charge is 0.269 e. The first-order valence-electron chi connectivity index (χ1n) is 9.58. The van der Waals surface area contributed by atoms with Crippen molar-refractivity contribution in [2.45, 2.75) is 25.4 Å². The van der Waals surface area contributed by atoms with Crippen LogP contribution in [0.5, 0.6) is 11.5 Å². The second-order valence-electron chi connectivity index (χ2n) is 7.02. The lowest BCUT2D eigenvalue weighted by molar-refractivity contribution is -0.132. The minimum absolute atomic E-state index is 0.0170. The predicted octanol–water partition coefficient (Wildman–Crippen LogP) is 2.78. The molecule has 0 aliphatic carbocycles. The van der Waals surface area contributed by atoms with Gasteiger partial charge in [-0.25, -0.2) is 4.98 Å².